The Balaban J connectivity index is 1.69. The summed E-state index contributed by atoms with van der Waals surface area (Å²) in [5, 5.41) is 7.09. The van der Waals surface area contributed by atoms with Gasteiger partial charge < -0.3 is 30.6 Å². The van der Waals surface area contributed by atoms with Gasteiger partial charge in [-0.15, -0.1) is 0 Å². The highest BCUT2D eigenvalue weighted by Crippen LogP contribution is 2.37. The predicted octanol–water partition coefficient (Wildman–Crippen LogP) is 4.22. The summed E-state index contributed by atoms with van der Waals surface area (Å²) >= 11 is 0. The molecule has 178 valence electrons. The number of aromatic nitrogens is 3. The first kappa shape index (κ1) is 23.2. The van der Waals surface area contributed by atoms with Gasteiger partial charge in [-0.2, -0.15) is 8.78 Å². The van der Waals surface area contributed by atoms with E-state index in [1.807, 2.05) is 61.1 Å². The molecule has 4 rings (SSSR count). The second kappa shape index (κ2) is 9.92. The number of hydrogen-bond donors (Lipinski definition) is 3. The van der Waals surface area contributed by atoms with Crippen LogP contribution >= 0.6 is 0 Å². The van der Waals surface area contributed by atoms with Crippen LogP contribution in [-0.4, -0.2) is 48.3 Å². The second-order valence-electron chi connectivity index (χ2n) is 7.87. The summed E-state index contributed by atoms with van der Waals surface area (Å²) in [5.41, 5.74) is 10.2. The molecular formula is C24H27F2N7O. The molecule has 0 aliphatic carbocycles. The van der Waals surface area contributed by atoms with E-state index in [4.69, 9.17) is 10.5 Å². The Labute approximate surface area is 196 Å². The van der Waals surface area contributed by atoms with E-state index in [2.05, 4.69) is 20.6 Å². The Morgan fingerprint density at radius 2 is 2.00 bits per heavy atom. The minimum Gasteiger partial charge on any atom is -0.433 e. The van der Waals surface area contributed by atoms with Crippen molar-refractivity contribution in [1.82, 2.24) is 19.9 Å². The second-order valence-corrected chi connectivity index (χ2v) is 7.87. The van der Waals surface area contributed by atoms with Crippen molar-refractivity contribution in [2.75, 3.05) is 43.1 Å². The van der Waals surface area contributed by atoms with Crippen LogP contribution in [0.1, 0.15) is 0 Å². The molecule has 0 aliphatic heterocycles. The summed E-state index contributed by atoms with van der Waals surface area (Å²) in [6, 6.07) is 12.9. The summed E-state index contributed by atoms with van der Waals surface area (Å²) in [6.45, 7) is -1.66. The van der Waals surface area contributed by atoms with Gasteiger partial charge in [0.2, 0.25) is 5.95 Å². The van der Waals surface area contributed by atoms with Gasteiger partial charge in [0.05, 0.1) is 22.8 Å². The van der Waals surface area contributed by atoms with Crippen LogP contribution in [0.3, 0.4) is 0 Å². The van der Waals surface area contributed by atoms with Crippen molar-refractivity contribution in [3.05, 3.63) is 54.9 Å². The van der Waals surface area contributed by atoms with Gasteiger partial charge in [0.15, 0.2) is 5.75 Å². The van der Waals surface area contributed by atoms with Crippen molar-refractivity contribution in [3.63, 3.8) is 0 Å². The van der Waals surface area contributed by atoms with Crippen LogP contribution in [0.2, 0.25) is 0 Å². The molecule has 34 heavy (non-hydrogen) atoms. The molecule has 0 radical (unpaired) electrons. The topological polar surface area (TPSA) is 93.3 Å². The van der Waals surface area contributed by atoms with Crippen molar-refractivity contribution in [3.8, 4) is 17.0 Å². The lowest BCUT2D eigenvalue weighted by atomic mass is 10.1. The summed E-state index contributed by atoms with van der Waals surface area (Å²) in [4.78, 5) is 10.7. The maximum absolute atomic E-state index is 13.2. The number of halogens is 2. The Hall–Kier alpha value is -3.92. The van der Waals surface area contributed by atoms with Gasteiger partial charge in [-0.3, -0.25) is 0 Å². The smallest absolute Gasteiger partial charge is 0.387 e. The van der Waals surface area contributed by atoms with E-state index >= 15 is 0 Å². The number of likely N-dealkylation sites (N-methyl/N-ethyl adjacent to an activating group) is 2. The molecule has 0 amide bonds. The van der Waals surface area contributed by atoms with Crippen molar-refractivity contribution < 1.29 is 13.5 Å². The van der Waals surface area contributed by atoms with Crippen LogP contribution in [-0.2, 0) is 7.05 Å². The monoisotopic (exact) mass is 467 g/mol. The molecule has 2 aromatic carbocycles. The number of nitrogen functional groups attached to an aromatic ring is 1. The number of hydrogen-bond acceptors (Lipinski definition) is 7. The third-order valence-corrected chi connectivity index (χ3v) is 5.53. The van der Waals surface area contributed by atoms with Crippen molar-refractivity contribution >= 4 is 33.9 Å². The Morgan fingerprint density at radius 1 is 1.21 bits per heavy atom. The number of para-hydroxylation sites is 1. The molecular weight excluding hydrogens is 440 g/mol. The molecule has 8 nitrogen and oxygen atoms in total. The Bertz CT molecular complexity index is 1290. The summed E-state index contributed by atoms with van der Waals surface area (Å²) in [7, 11) is 5.64. The molecule has 2 aromatic heterocycles. The van der Waals surface area contributed by atoms with E-state index in [-0.39, 0.29) is 17.4 Å². The highest BCUT2D eigenvalue weighted by atomic mass is 19.3. The molecule has 4 N–H and O–H groups in total. The van der Waals surface area contributed by atoms with E-state index in [9.17, 15) is 8.78 Å². The number of nitrogens with two attached hydrogens (primary N) is 1. The molecule has 0 saturated carbocycles. The van der Waals surface area contributed by atoms with E-state index < -0.39 is 6.61 Å². The first-order valence-electron chi connectivity index (χ1n) is 10.8. The van der Waals surface area contributed by atoms with E-state index in [0.29, 0.717) is 30.2 Å². The maximum Gasteiger partial charge on any atom is 0.387 e. The predicted molar refractivity (Wildman–Crippen MR) is 132 cm³/mol. The fraction of sp³-hybridized carbons (Fsp3) is 0.250. The highest BCUT2D eigenvalue weighted by molar-refractivity contribution is 5.95. The fourth-order valence-corrected chi connectivity index (χ4v) is 3.84. The van der Waals surface area contributed by atoms with Crippen LogP contribution in [0.25, 0.3) is 22.2 Å². The number of benzene rings is 2. The molecule has 0 unspecified atom stereocenters. The lowest BCUT2D eigenvalue weighted by molar-refractivity contribution is -0.0493. The lowest BCUT2D eigenvalue weighted by Gasteiger charge is -2.23. The van der Waals surface area contributed by atoms with Gasteiger partial charge in [-0.1, -0.05) is 18.2 Å². The molecule has 0 fully saturated rings. The fourth-order valence-electron chi connectivity index (χ4n) is 3.84. The summed E-state index contributed by atoms with van der Waals surface area (Å²) in [5.74, 6) is 0.190. The molecule has 0 spiro atoms. The molecule has 0 bridgehead atoms. The number of ether oxygens (including phenoxy) is 1. The van der Waals surface area contributed by atoms with Crippen LogP contribution in [0, 0.1) is 0 Å². The first-order valence-corrected chi connectivity index (χ1v) is 10.8. The van der Waals surface area contributed by atoms with Crippen molar-refractivity contribution in [2.45, 2.75) is 6.61 Å². The van der Waals surface area contributed by atoms with E-state index in [1.165, 1.54) is 6.07 Å². The summed E-state index contributed by atoms with van der Waals surface area (Å²) in [6.07, 6.45) is 3.61. The number of alkyl halides is 2. The number of anilines is 4. The normalized spacial score (nSPS) is 11.2. The third-order valence-electron chi connectivity index (χ3n) is 5.53. The molecule has 10 heteroatoms. The van der Waals surface area contributed by atoms with Crippen LogP contribution < -0.4 is 26.0 Å². The van der Waals surface area contributed by atoms with Crippen LogP contribution in [0.15, 0.2) is 54.9 Å². The lowest BCUT2D eigenvalue weighted by Crippen LogP contribution is -2.27. The van der Waals surface area contributed by atoms with Crippen LogP contribution in [0.5, 0.6) is 5.75 Å². The summed E-state index contributed by atoms with van der Waals surface area (Å²) < 4.78 is 33.2. The van der Waals surface area contributed by atoms with Gasteiger partial charge in [0.25, 0.3) is 0 Å². The molecule has 4 aromatic rings. The standard InChI is InChI=1S/C24H27F2N7O/c1-28-10-11-32(2)21-13-22(34-23(25)26)19(12-17(21)27)31-24-29-9-8-18(30-24)16-14-33(3)20-7-5-4-6-15(16)20/h4-9,12-14,23,28H,10-11,27H2,1-3H3,(H,29,30,31). The van der Waals surface area contributed by atoms with Gasteiger partial charge in [0.1, 0.15) is 0 Å². The zero-order valence-corrected chi connectivity index (χ0v) is 19.2. The zero-order chi connectivity index (χ0) is 24.2. The number of fused-ring (bicyclic) bond motifs is 1. The third kappa shape index (κ3) is 4.86. The Morgan fingerprint density at radius 3 is 2.76 bits per heavy atom. The van der Waals surface area contributed by atoms with E-state index in [0.717, 1.165) is 16.5 Å². The molecule has 0 atom stereocenters. The number of nitrogens with one attached hydrogen (secondary N) is 2. The van der Waals surface area contributed by atoms with Crippen LogP contribution in [0.4, 0.5) is 31.8 Å². The maximum atomic E-state index is 13.2. The van der Waals surface area contributed by atoms with Gasteiger partial charge in [0, 0.05) is 62.1 Å². The molecule has 0 saturated heterocycles. The Kier molecular flexibility index (Phi) is 6.78. The number of aryl methyl sites for hydroxylation is 1. The molecule has 2 heterocycles. The SMILES string of the molecule is CNCCN(C)c1cc(OC(F)F)c(Nc2nccc(-c3cn(C)c4ccccc34)n2)cc1N. The van der Waals surface area contributed by atoms with Gasteiger partial charge in [-0.25, -0.2) is 9.97 Å². The van der Waals surface area contributed by atoms with Crippen molar-refractivity contribution in [1.29, 1.82) is 0 Å². The first-order chi connectivity index (χ1) is 16.4. The largest absolute Gasteiger partial charge is 0.433 e. The van der Waals surface area contributed by atoms with E-state index in [1.54, 1.807) is 18.3 Å². The molecule has 0 aliphatic rings. The van der Waals surface area contributed by atoms with Crippen molar-refractivity contribution in [2.24, 2.45) is 7.05 Å². The average molecular weight is 468 g/mol. The van der Waals surface area contributed by atoms with Gasteiger partial charge >= 0.3 is 6.61 Å². The average Bonchev–Trinajstić information content (AvgIpc) is 3.16. The minimum atomic E-state index is -3.00. The number of rotatable bonds is 9. The number of nitrogens with zero attached hydrogens (tertiary/aromatic N) is 4. The van der Waals surface area contributed by atoms with Gasteiger partial charge in [-0.05, 0) is 25.2 Å². The zero-order valence-electron chi connectivity index (χ0n) is 19.2. The quantitative estimate of drug-likeness (QED) is 0.318. The highest BCUT2D eigenvalue weighted by Gasteiger charge is 2.17. The minimum absolute atomic E-state index is 0.0466.